The minimum atomic E-state index is -0.886. The highest BCUT2D eigenvalue weighted by molar-refractivity contribution is 5.89. The summed E-state index contributed by atoms with van der Waals surface area (Å²) in [6.07, 6.45) is 9.25. The molecule has 0 aliphatic rings. The number of amides is 1. The first kappa shape index (κ1) is 20.5. The van der Waals surface area contributed by atoms with E-state index in [1.54, 1.807) is 18.5 Å². The van der Waals surface area contributed by atoms with E-state index in [0.29, 0.717) is 30.6 Å². The number of allylic oxidation sites excluding steroid dienone is 3. The molecule has 2 rings (SSSR count). The number of nitrogens with one attached hydrogen (secondary N) is 1. The van der Waals surface area contributed by atoms with Gasteiger partial charge in [-0.05, 0) is 55.5 Å². The molecule has 1 amide bonds. The predicted molar refractivity (Wildman–Crippen MR) is 111 cm³/mol. The van der Waals surface area contributed by atoms with Crippen LogP contribution in [0.5, 0.6) is 0 Å². The summed E-state index contributed by atoms with van der Waals surface area (Å²) >= 11 is 0. The third-order valence-corrected chi connectivity index (χ3v) is 4.96. The summed E-state index contributed by atoms with van der Waals surface area (Å²) in [5.41, 5.74) is 2.60. The molecule has 0 aliphatic heterocycles. The molecule has 0 aromatic carbocycles. The zero-order valence-electron chi connectivity index (χ0n) is 16.4. The number of fused-ring (bicyclic) bond motifs is 1. The number of hydrogen-bond acceptors (Lipinski definition) is 4. The fourth-order valence-corrected chi connectivity index (χ4v) is 3.08. The second kappa shape index (κ2) is 8.73. The van der Waals surface area contributed by atoms with Gasteiger partial charge in [0.15, 0.2) is 0 Å². The average molecular weight is 365 g/mol. The van der Waals surface area contributed by atoms with Crippen LogP contribution in [-0.2, 0) is 4.79 Å². The van der Waals surface area contributed by atoms with Gasteiger partial charge in [-0.15, -0.1) is 0 Å². The maximum Gasteiger partial charge on any atom is 0.212 e. The first-order chi connectivity index (χ1) is 12.9. The van der Waals surface area contributed by atoms with Crippen molar-refractivity contribution in [2.75, 3.05) is 5.32 Å². The van der Waals surface area contributed by atoms with Crippen LogP contribution < -0.4 is 5.32 Å². The molecule has 2 aromatic rings. The molecule has 5 heteroatoms. The largest absolute Gasteiger partial charge is 0.385 e. The first-order valence-corrected chi connectivity index (χ1v) is 9.11. The van der Waals surface area contributed by atoms with Gasteiger partial charge in [0.25, 0.3) is 0 Å². The Morgan fingerprint density at radius 3 is 2.44 bits per heavy atom. The van der Waals surface area contributed by atoms with Crippen LogP contribution in [0.15, 0.2) is 54.4 Å². The van der Waals surface area contributed by atoms with Gasteiger partial charge < -0.3 is 10.4 Å². The molecular formula is C22H27N3O2. The molecule has 0 aliphatic carbocycles. The fraction of sp³-hybridized carbons (Fsp3) is 0.318. The number of carbonyl (C=O) groups excluding carboxylic acids is 1. The van der Waals surface area contributed by atoms with Crippen molar-refractivity contribution in [2.24, 2.45) is 0 Å². The second-order valence-corrected chi connectivity index (χ2v) is 6.54. The van der Waals surface area contributed by atoms with Crippen molar-refractivity contribution in [3.63, 3.8) is 0 Å². The van der Waals surface area contributed by atoms with Crippen LogP contribution in [0.25, 0.3) is 16.3 Å². The van der Waals surface area contributed by atoms with Crippen molar-refractivity contribution >= 4 is 28.6 Å². The van der Waals surface area contributed by atoms with Crippen molar-refractivity contribution in [3.8, 4) is 0 Å². The number of carbonyl (C=O) groups is 1. The summed E-state index contributed by atoms with van der Waals surface area (Å²) in [5, 5.41) is 15.0. The Bertz CT molecular complexity index is 909. The van der Waals surface area contributed by atoms with Gasteiger partial charge in [0.1, 0.15) is 5.82 Å². The summed E-state index contributed by atoms with van der Waals surface area (Å²) < 4.78 is 0. The number of rotatable bonds is 8. The molecule has 2 N–H and O–H groups in total. The number of aliphatic hydroxyl groups is 1. The highest BCUT2D eigenvalue weighted by atomic mass is 16.3. The van der Waals surface area contributed by atoms with Crippen molar-refractivity contribution in [1.29, 1.82) is 0 Å². The minimum absolute atomic E-state index is 0.490. The molecule has 0 fully saturated rings. The molecule has 0 unspecified atom stereocenters. The van der Waals surface area contributed by atoms with Gasteiger partial charge in [-0.2, -0.15) is 0 Å². The molecular weight excluding hydrogens is 338 g/mol. The number of hydrogen-bond donors (Lipinski definition) is 2. The fourth-order valence-electron chi connectivity index (χ4n) is 3.08. The lowest BCUT2D eigenvalue weighted by atomic mass is 9.87. The Kier molecular flexibility index (Phi) is 6.64. The first-order valence-electron chi connectivity index (χ1n) is 9.11. The molecule has 0 bridgehead atoms. The van der Waals surface area contributed by atoms with Crippen molar-refractivity contribution < 1.29 is 9.90 Å². The smallest absolute Gasteiger partial charge is 0.212 e. The zero-order chi connectivity index (χ0) is 20.0. The normalized spacial score (nSPS) is 12.9. The zero-order valence-corrected chi connectivity index (χ0v) is 16.4. The Labute approximate surface area is 160 Å². The highest BCUT2D eigenvalue weighted by Crippen LogP contribution is 2.30. The van der Waals surface area contributed by atoms with Crippen LogP contribution >= 0.6 is 0 Å². The molecule has 0 saturated carbocycles. The monoisotopic (exact) mass is 365 g/mol. The maximum atomic E-state index is 10.7. The molecule has 5 nitrogen and oxygen atoms in total. The van der Waals surface area contributed by atoms with E-state index in [1.807, 2.05) is 45.9 Å². The van der Waals surface area contributed by atoms with Crippen LogP contribution in [0.2, 0.25) is 0 Å². The van der Waals surface area contributed by atoms with E-state index < -0.39 is 5.60 Å². The van der Waals surface area contributed by atoms with E-state index in [4.69, 9.17) is 0 Å². The van der Waals surface area contributed by atoms with E-state index in [2.05, 4.69) is 21.9 Å². The summed E-state index contributed by atoms with van der Waals surface area (Å²) in [7, 11) is 0. The van der Waals surface area contributed by atoms with E-state index in [-0.39, 0.29) is 0 Å². The Hall–Kier alpha value is -2.79. The minimum Gasteiger partial charge on any atom is -0.385 e. The quantitative estimate of drug-likeness (QED) is 0.527. The molecule has 27 heavy (non-hydrogen) atoms. The SMILES string of the molecule is C=C(/C=C(C)\C(=C/C)c1cc2cnc(NC=O)cc2cn1)C(O)(CC)CC. The standard InChI is InChI=1S/C22H27N3O2/c1-6-19(15(4)9-16(5)22(27,7-2)8-3)20-10-17-13-24-21(25-14-26)11-18(17)12-23-20/h6,9-14,27H,5,7-8H2,1-4H3,(H,24,25,26)/b15-9-,19-6+. The number of pyridine rings is 2. The molecule has 0 saturated heterocycles. The van der Waals surface area contributed by atoms with Gasteiger partial charge in [0.05, 0.1) is 11.3 Å². The number of anilines is 1. The van der Waals surface area contributed by atoms with Gasteiger partial charge in [0.2, 0.25) is 6.41 Å². The van der Waals surface area contributed by atoms with Crippen molar-refractivity contribution in [3.05, 3.63) is 60.1 Å². The van der Waals surface area contributed by atoms with Crippen LogP contribution in [0.3, 0.4) is 0 Å². The van der Waals surface area contributed by atoms with Gasteiger partial charge in [0, 0.05) is 23.2 Å². The van der Waals surface area contributed by atoms with Gasteiger partial charge in [-0.1, -0.05) is 32.6 Å². The lowest BCUT2D eigenvalue weighted by Gasteiger charge is -2.26. The molecule has 2 heterocycles. The molecule has 2 aromatic heterocycles. The third kappa shape index (κ3) is 4.49. The summed E-state index contributed by atoms with van der Waals surface area (Å²) in [4.78, 5) is 19.3. The molecule has 0 spiro atoms. The summed E-state index contributed by atoms with van der Waals surface area (Å²) in [6, 6.07) is 3.75. The lowest BCUT2D eigenvalue weighted by Crippen LogP contribution is -2.28. The van der Waals surface area contributed by atoms with Crippen LogP contribution in [-0.4, -0.2) is 27.1 Å². The average Bonchev–Trinajstić information content (AvgIpc) is 2.68. The Balaban J connectivity index is 2.39. The Morgan fingerprint density at radius 2 is 1.85 bits per heavy atom. The second-order valence-electron chi connectivity index (χ2n) is 6.54. The topological polar surface area (TPSA) is 75.1 Å². The third-order valence-electron chi connectivity index (χ3n) is 4.96. The van der Waals surface area contributed by atoms with Gasteiger partial charge in [-0.3, -0.25) is 9.78 Å². The van der Waals surface area contributed by atoms with Crippen molar-refractivity contribution in [2.45, 2.75) is 46.1 Å². The predicted octanol–water partition coefficient (Wildman–Crippen LogP) is 4.66. The van der Waals surface area contributed by atoms with Crippen LogP contribution in [0.1, 0.15) is 46.2 Å². The van der Waals surface area contributed by atoms with Crippen molar-refractivity contribution in [1.82, 2.24) is 9.97 Å². The van der Waals surface area contributed by atoms with Crippen LogP contribution in [0.4, 0.5) is 5.82 Å². The lowest BCUT2D eigenvalue weighted by molar-refractivity contribution is -0.105. The van der Waals surface area contributed by atoms with E-state index in [0.717, 1.165) is 27.6 Å². The highest BCUT2D eigenvalue weighted by Gasteiger charge is 2.24. The maximum absolute atomic E-state index is 10.7. The molecule has 0 radical (unpaired) electrons. The van der Waals surface area contributed by atoms with Crippen LogP contribution in [0, 0.1) is 0 Å². The summed E-state index contributed by atoms with van der Waals surface area (Å²) in [5.74, 6) is 0.490. The van der Waals surface area contributed by atoms with E-state index in [1.165, 1.54) is 0 Å². The molecule has 142 valence electrons. The van der Waals surface area contributed by atoms with E-state index in [9.17, 15) is 9.90 Å². The summed E-state index contributed by atoms with van der Waals surface area (Å²) in [6.45, 7) is 11.9. The van der Waals surface area contributed by atoms with E-state index >= 15 is 0 Å². The molecule has 0 atom stereocenters. The number of nitrogens with zero attached hydrogens (tertiary/aromatic N) is 2. The van der Waals surface area contributed by atoms with Gasteiger partial charge >= 0.3 is 0 Å². The Morgan fingerprint density at radius 1 is 1.22 bits per heavy atom. The van der Waals surface area contributed by atoms with Gasteiger partial charge in [-0.25, -0.2) is 4.98 Å². The number of aromatic nitrogens is 2.